The Morgan fingerprint density at radius 3 is 2.72 bits per heavy atom. The topological polar surface area (TPSA) is 61.4 Å². The lowest BCUT2D eigenvalue weighted by atomic mass is 9.93. The Bertz CT molecular complexity index is 761. The first-order chi connectivity index (χ1) is 14.3. The first kappa shape index (κ1) is 20.0. The molecule has 6 heteroatoms. The normalized spacial score (nSPS) is 21.7. The first-order valence-corrected chi connectivity index (χ1v) is 10.8. The summed E-state index contributed by atoms with van der Waals surface area (Å²) >= 11 is 0. The van der Waals surface area contributed by atoms with Crippen molar-refractivity contribution in [2.75, 3.05) is 26.2 Å². The Labute approximate surface area is 173 Å². The van der Waals surface area contributed by atoms with Gasteiger partial charge in [0.15, 0.2) is 0 Å². The molecule has 0 unspecified atom stereocenters. The molecule has 1 N–H and O–H groups in total. The van der Waals surface area contributed by atoms with Gasteiger partial charge in [0.1, 0.15) is 0 Å². The molecule has 29 heavy (non-hydrogen) atoms. The van der Waals surface area contributed by atoms with E-state index in [1.807, 2.05) is 30.6 Å². The van der Waals surface area contributed by atoms with E-state index >= 15 is 0 Å². The zero-order valence-electron chi connectivity index (χ0n) is 17.0. The van der Waals surface area contributed by atoms with Crippen LogP contribution < -0.4 is 5.32 Å². The molecule has 6 nitrogen and oxygen atoms in total. The van der Waals surface area contributed by atoms with Crippen LogP contribution in [0.25, 0.3) is 0 Å². The number of piperidine rings is 2. The number of hydrogen-bond donors (Lipinski definition) is 1. The van der Waals surface area contributed by atoms with Gasteiger partial charge in [-0.15, -0.1) is 0 Å². The van der Waals surface area contributed by atoms with E-state index in [0.717, 1.165) is 56.8 Å². The van der Waals surface area contributed by atoms with Gasteiger partial charge in [0, 0.05) is 57.4 Å². The Balaban J connectivity index is 1.23. The second kappa shape index (κ2) is 9.94. The van der Waals surface area contributed by atoms with Gasteiger partial charge in [-0.05, 0) is 56.0 Å². The number of rotatable bonds is 6. The fraction of sp³-hybridized carbons (Fsp3) is 0.522. The van der Waals surface area contributed by atoms with Gasteiger partial charge >= 0.3 is 0 Å². The highest BCUT2D eigenvalue weighted by molar-refractivity contribution is 5.78. The predicted octanol–water partition coefficient (Wildman–Crippen LogP) is 2.47. The number of nitrogens with zero attached hydrogens (tertiary/aromatic N) is 4. The van der Waals surface area contributed by atoms with Crippen molar-refractivity contribution >= 4 is 5.91 Å². The summed E-state index contributed by atoms with van der Waals surface area (Å²) in [6, 6.07) is 10.6. The Morgan fingerprint density at radius 1 is 1.07 bits per heavy atom. The van der Waals surface area contributed by atoms with Crippen molar-refractivity contribution in [3.63, 3.8) is 0 Å². The second-order valence-corrected chi connectivity index (χ2v) is 8.24. The van der Waals surface area contributed by atoms with Gasteiger partial charge in [-0.25, -0.2) is 0 Å². The van der Waals surface area contributed by atoms with Crippen molar-refractivity contribution < 1.29 is 4.79 Å². The van der Waals surface area contributed by atoms with E-state index in [1.165, 1.54) is 12.8 Å². The second-order valence-electron chi connectivity index (χ2n) is 8.24. The monoisotopic (exact) mass is 393 g/mol. The van der Waals surface area contributed by atoms with E-state index in [4.69, 9.17) is 0 Å². The molecule has 0 saturated carbocycles. The van der Waals surface area contributed by atoms with Crippen molar-refractivity contribution in [1.29, 1.82) is 0 Å². The summed E-state index contributed by atoms with van der Waals surface area (Å²) in [5.41, 5.74) is 2.20. The molecule has 4 rings (SSSR count). The third-order valence-corrected chi connectivity index (χ3v) is 6.20. The number of likely N-dealkylation sites (tertiary alicyclic amines) is 2. The van der Waals surface area contributed by atoms with E-state index < -0.39 is 0 Å². The molecule has 2 aromatic heterocycles. The molecular weight excluding hydrogens is 362 g/mol. The van der Waals surface area contributed by atoms with Gasteiger partial charge < -0.3 is 5.32 Å². The van der Waals surface area contributed by atoms with Crippen LogP contribution in [0.2, 0.25) is 0 Å². The number of nitrogens with one attached hydrogen (secondary N) is 1. The molecular formula is C23H31N5O. The van der Waals surface area contributed by atoms with Gasteiger partial charge in [-0.3, -0.25) is 24.6 Å². The van der Waals surface area contributed by atoms with Crippen molar-refractivity contribution in [2.24, 2.45) is 5.92 Å². The molecule has 0 aliphatic carbocycles. The summed E-state index contributed by atoms with van der Waals surface area (Å²) in [6.07, 6.45) is 9.90. The number of aromatic nitrogens is 2. The summed E-state index contributed by atoms with van der Waals surface area (Å²) < 4.78 is 0. The van der Waals surface area contributed by atoms with Crippen LogP contribution in [0.5, 0.6) is 0 Å². The molecule has 154 valence electrons. The highest BCUT2D eigenvalue weighted by Crippen LogP contribution is 2.24. The Morgan fingerprint density at radius 2 is 1.97 bits per heavy atom. The molecule has 2 saturated heterocycles. The van der Waals surface area contributed by atoms with Crippen molar-refractivity contribution in [1.82, 2.24) is 25.1 Å². The predicted molar refractivity (Wildman–Crippen MR) is 113 cm³/mol. The van der Waals surface area contributed by atoms with Crippen LogP contribution in [-0.4, -0.2) is 57.9 Å². The number of hydrogen-bond acceptors (Lipinski definition) is 5. The smallest absolute Gasteiger partial charge is 0.224 e. The summed E-state index contributed by atoms with van der Waals surface area (Å²) in [5, 5.41) is 3.11. The number of pyridine rings is 2. The molecule has 0 aromatic carbocycles. The van der Waals surface area contributed by atoms with E-state index in [9.17, 15) is 4.79 Å². The zero-order valence-corrected chi connectivity index (χ0v) is 17.0. The number of amides is 1. The van der Waals surface area contributed by atoms with Crippen LogP contribution in [0.3, 0.4) is 0 Å². The summed E-state index contributed by atoms with van der Waals surface area (Å²) in [5.74, 6) is 0.290. The first-order valence-electron chi connectivity index (χ1n) is 10.8. The van der Waals surface area contributed by atoms with Crippen LogP contribution in [0.4, 0.5) is 0 Å². The Hall–Kier alpha value is -2.31. The van der Waals surface area contributed by atoms with Crippen LogP contribution in [0.15, 0.2) is 48.9 Å². The highest BCUT2D eigenvalue weighted by atomic mass is 16.1. The van der Waals surface area contributed by atoms with Gasteiger partial charge in [0.05, 0.1) is 11.6 Å². The fourth-order valence-electron chi connectivity index (χ4n) is 4.55. The minimum Gasteiger partial charge on any atom is -0.352 e. The average Bonchev–Trinajstić information content (AvgIpc) is 2.79. The Kier molecular flexibility index (Phi) is 6.85. The van der Waals surface area contributed by atoms with E-state index in [1.54, 1.807) is 6.20 Å². The van der Waals surface area contributed by atoms with Crippen molar-refractivity contribution in [3.8, 4) is 0 Å². The van der Waals surface area contributed by atoms with Gasteiger partial charge in [0.25, 0.3) is 0 Å². The van der Waals surface area contributed by atoms with E-state index in [0.29, 0.717) is 12.6 Å². The lowest BCUT2D eigenvalue weighted by molar-refractivity contribution is -0.127. The molecule has 2 fully saturated rings. The maximum Gasteiger partial charge on any atom is 0.224 e. The van der Waals surface area contributed by atoms with Gasteiger partial charge in [-0.2, -0.15) is 0 Å². The quantitative estimate of drug-likeness (QED) is 0.817. The molecule has 1 amide bonds. The largest absolute Gasteiger partial charge is 0.352 e. The van der Waals surface area contributed by atoms with Crippen LogP contribution in [-0.2, 0) is 17.9 Å². The minimum absolute atomic E-state index is 0.104. The molecule has 0 bridgehead atoms. The third kappa shape index (κ3) is 5.61. The lowest BCUT2D eigenvalue weighted by Gasteiger charge is -2.42. The third-order valence-electron chi connectivity index (χ3n) is 6.20. The fourth-order valence-corrected chi connectivity index (χ4v) is 4.55. The summed E-state index contributed by atoms with van der Waals surface area (Å²) in [6.45, 7) is 5.73. The molecule has 1 atom stereocenters. The van der Waals surface area contributed by atoms with E-state index in [-0.39, 0.29) is 11.8 Å². The highest BCUT2D eigenvalue weighted by Gasteiger charge is 2.31. The van der Waals surface area contributed by atoms with Crippen LogP contribution >= 0.6 is 0 Å². The zero-order chi connectivity index (χ0) is 19.9. The SMILES string of the molecule is O=C(NCc1cccnc1)[C@@H]1CCCN(C2CCN(Cc3ccccn3)CC2)C1. The lowest BCUT2D eigenvalue weighted by Crippen LogP contribution is -2.50. The standard InChI is InChI=1S/C23H31N5O/c29-23(26-16-19-5-3-10-24-15-19)20-6-4-12-28(17-20)22-8-13-27(14-9-22)18-21-7-1-2-11-25-21/h1-3,5,7,10-11,15,20,22H,4,6,8-9,12-14,16-18H2,(H,26,29)/t20-/m1/s1. The average molecular weight is 394 g/mol. The van der Waals surface area contributed by atoms with Gasteiger partial charge in [-0.1, -0.05) is 12.1 Å². The molecule has 2 aromatic rings. The molecule has 2 aliphatic rings. The van der Waals surface area contributed by atoms with Crippen molar-refractivity contribution in [2.45, 2.75) is 44.8 Å². The maximum absolute atomic E-state index is 12.7. The summed E-state index contributed by atoms with van der Waals surface area (Å²) in [7, 11) is 0. The maximum atomic E-state index is 12.7. The molecule has 0 spiro atoms. The number of carbonyl (C=O) groups excluding carboxylic acids is 1. The van der Waals surface area contributed by atoms with E-state index in [2.05, 4.69) is 37.2 Å². The summed E-state index contributed by atoms with van der Waals surface area (Å²) in [4.78, 5) is 26.3. The van der Waals surface area contributed by atoms with Crippen LogP contribution in [0, 0.1) is 5.92 Å². The van der Waals surface area contributed by atoms with Crippen molar-refractivity contribution in [3.05, 3.63) is 60.2 Å². The minimum atomic E-state index is 0.104. The number of carbonyl (C=O) groups is 1. The molecule has 4 heterocycles. The van der Waals surface area contributed by atoms with Gasteiger partial charge in [0.2, 0.25) is 5.91 Å². The molecule has 2 aliphatic heterocycles. The molecule has 0 radical (unpaired) electrons. The van der Waals surface area contributed by atoms with Crippen LogP contribution in [0.1, 0.15) is 36.9 Å².